The Morgan fingerprint density at radius 2 is 1.56 bits per heavy atom. The number of likely N-dealkylation sites (N-methyl/N-ethyl adjacent to an activating group) is 2. The number of carbonyl (C=O) groups is 1. The fourth-order valence-electron chi connectivity index (χ4n) is 8.74. The first-order chi connectivity index (χ1) is 23.9. The molecule has 3 saturated heterocycles. The predicted octanol–water partition coefficient (Wildman–Crippen LogP) is 1.90. The van der Waals surface area contributed by atoms with Crippen molar-refractivity contribution in [2.24, 2.45) is 17.8 Å². The fourth-order valence-corrected chi connectivity index (χ4v) is 8.74. The Hall–Kier alpha value is -1.01. The van der Waals surface area contributed by atoms with Gasteiger partial charge in [-0.15, -0.1) is 0 Å². The molecule has 0 unspecified atom stereocenters. The summed E-state index contributed by atoms with van der Waals surface area (Å²) in [5.74, 6) is -2.58. The van der Waals surface area contributed by atoms with Crippen molar-refractivity contribution in [2.75, 3.05) is 34.8 Å². The number of hydrogen-bond donors (Lipinski definition) is 5. The van der Waals surface area contributed by atoms with Crippen LogP contribution in [0.2, 0.25) is 0 Å². The number of cyclic esters (lactones) is 1. The van der Waals surface area contributed by atoms with E-state index in [2.05, 4.69) is 0 Å². The third kappa shape index (κ3) is 10.0. The van der Waals surface area contributed by atoms with E-state index in [9.17, 15) is 30.3 Å². The summed E-state index contributed by atoms with van der Waals surface area (Å²) < 4.78 is 37.5. The molecule has 0 aromatic heterocycles. The van der Waals surface area contributed by atoms with E-state index in [0.29, 0.717) is 13.0 Å². The Morgan fingerprint density at radius 1 is 0.942 bits per heavy atom. The van der Waals surface area contributed by atoms with Gasteiger partial charge in [0, 0.05) is 38.1 Å². The van der Waals surface area contributed by atoms with E-state index in [0.717, 1.165) is 0 Å². The zero-order valence-corrected chi connectivity index (χ0v) is 34.2. The molecule has 14 heteroatoms. The highest BCUT2D eigenvalue weighted by molar-refractivity contribution is 5.73. The van der Waals surface area contributed by atoms with Crippen LogP contribution >= 0.6 is 0 Å². The van der Waals surface area contributed by atoms with Gasteiger partial charge < -0.3 is 63.8 Å². The molecule has 3 heterocycles. The number of hydrogen-bond acceptors (Lipinski definition) is 14. The largest absolute Gasteiger partial charge is 0.459 e. The van der Waals surface area contributed by atoms with Crippen molar-refractivity contribution in [1.82, 2.24) is 9.80 Å². The monoisotopic (exact) mass is 749 g/mol. The molecule has 0 amide bonds. The Morgan fingerprint density at radius 3 is 2.12 bits per heavy atom. The molecular weight excluding hydrogens is 676 g/mol. The maximum absolute atomic E-state index is 14.2. The highest BCUT2D eigenvalue weighted by atomic mass is 16.7. The lowest BCUT2D eigenvalue weighted by atomic mass is 9.77. The molecule has 52 heavy (non-hydrogen) atoms. The lowest BCUT2D eigenvalue weighted by Crippen LogP contribution is -2.60. The summed E-state index contributed by atoms with van der Waals surface area (Å²) in [5, 5.41) is 58.1. The standard InChI is InChI=1S/C38H72N2O12/c1-15-27-38(10,46)31(42)24(6)40(13)19-20(2)17-36(8,45)33(52-35-29(41)26(39(11)12)16-21(3)48-35)22(4)30(23(5)34(44)50-27)51-28-18-37(9,47-14)32(43)25(7)49-28/h20-33,35,41-43,45-46H,15-19H2,1-14H3/t20-,21-,22+,23-,24-,25+,26+,27-,28-,29-,30+,31-,32+,33-,35+,36-,37-,38-/m1/s1. The van der Waals surface area contributed by atoms with Gasteiger partial charge in [0.15, 0.2) is 12.6 Å². The van der Waals surface area contributed by atoms with Crippen LogP contribution in [0.25, 0.3) is 0 Å². The van der Waals surface area contributed by atoms with Gasteiger partial charge in [-0.25, -0.2) is 0 Å². The Bertz CT molecular complexity index is 1140. The first kappa shape index (κ1) is 45.4. The maximum atomic E-state index is 14.2. The minimum absolute atomic E-state index is 0.133. The van der Waals surface area contributed by atoms with E-state index in [1.54, 1.807) is 41.5 Å². The van der Waals surface area contributed by atoms with Gasteiger partial charge in [-0.1, -0.05) is 20.8 Å². The average Bonchev–Trinajstić information content (AvgIpc) is 3.05. The lowest BCUT2D eigenvalue weighted by Gasteiger charge is -2.48. The Labute approximate surface area is 312 Å². The van der Waals surface area contributed by atoms with Crippen LogP contribution < -0.4 is 0 Å². The second-order valence-electron chi connectivity index (χ2n) is 17.2. The van der Waals surface area contributed by atoms with Gasteiger partial charge in [0.2, 0.25) is 0 Å². The minimum atomic E-state index is -1.80. The SMILES string of the molecule is CC[C@H]1OC(=O)[C@H](C)[C@@H](O[C@@H]2C[C@@](C)(OC)[C@@H](O)[C@H](C)O2)[C@H](C)[C@@H](O[C@@H]2O[C@H](C)C[C@H](N(C)C)[C@H]2O)[C@](C)(O)C[C@@H](C)CN(C)[C@H](C)[C@@H](O)[C@]1(C)O. The number of nitrogens with zero attached hydrogens (tertiary/aromatic N) is 2. The summed E-state index contributed by atoms with van der Waals surface area (Å²) in [6.45, 7) is 18.0. The summed E-state index contributed by atoms with van der Waals surface area (Å²) in [5.41, 5.74) is -4.37. The molecule has 3 aliphatic heterocycles. The zero-order valence-electron chi connectivity index (χ0n) is 34.2. The molecule has 0 saturated carbocycles. The van der Waals surface area contributed by atoms with Crippen molar-refractivity contribution < 1.29 is 58.7 Å². The first-order valence-electron chi connectivity index (χ1n) is 19.1. The smallest absolute Gasteiger partial charge is 0.311 e. The predicted molar refractivity (Wildman–Crippen MR) is 194 cm³/mol. The highest BCUT2D eigenvalue weighted by Gasteiger charge is 2.52. The van der Waals surface area contributed by atoms with E-state index in [1.807, 2.05) is 51.7 Å². The van der Waals surface area contributed by atoms with Crippen LogP contribution in [-0.2, 0) is 33.2 Å². The minimum Gasteiger partial charge on any atom is -0.459 e. The van der Waals surface area contributed by atoms with Crippen molar-refractivity contribution in [3.63, 3.8) is 0 Å². The van der Waals surface area contributed by atoms with Crippen LogP contribution in [0.1, 0.15) is 94.9 Å². The number of esters is 1. The topological polar surface area (TPSA) is 180 Å². The molecule has 0 radical (unpaired) electrons. The number of rotatable bonds is 7. The summed E-state index contributed by atoms with van der Waals surface area (Å²) in [4.78, 5) is 18.0. The normalized spacial score (nSPS) is 49.6. The van der Waals surface area contributed by atoms with Gasteiger partial charge in [0.05, 0.1) is 41.5 Å². The third-order valence-corrected chi connectivity index (χ3v) is 12.2. The molecule has 0 aromatic carbocycles. The molecule has 0 bridgehead atoms. The van der Waals surface area contributed by atoms with Crippen LogP contribution in [-0.4, -0.2) is 166 Å². The van der Waals surface area contributed by atoms with Crippen molar-refractivity contribution >= 4 is 5.97 Å². The van der Waals surface area contributed by atoms with Gasteiger partial charge in [-0.2, -0.15) is 0 Å². The summed E-state index contributed by atoms with van der Waals surface area (Å²) in [7, 11) is 7.12. The van der Waals surface area contributed by atoms with Gasteiger partial charge in [-0.3, -0.25) is 4.79 Å². The second-order valence-corrected chi connectivity index (χ2v) is 17.2. The highest BCUT2D eigenvalue weighted by Crippen LogP contribution is 2.40. The summed E-state index contributed by atoms with van der Waals surface area (Å²) in [6, 6.07) is -0.808. The number of aliphatic hydroxyl groups is 5. The van der Waals surface area contributed by atoms with Gasteiger partial charge in [-0.05, 0) is 94.8 Å². The fraction of sp³-hybridized carbons (Fsp3) is 0.974. The summed E-state index contributed by atoms with van der Waals surface area (Å²) >= 11 is 0. The number of ether oxygens (including phenoxy) is 6. The molecule has 5 N–H and O–H groups in total. The van der Waals surface area contributed by atoms with Gasteiger partial charge in [0.25, 0.3) is 0 Å². The van der Waals surface area contributed by atoms with E-state index < -0.39 is 96.0 Å². The third-order valence-electron chi connectivity index (χ3n) is 12.2. The molecule has 3 fully saturated rings. The van der Waals surface area contributed by atoms with Crippen LogP contribution in [0.3, 0.4) is 0 Å². The summed E-state index contributed by atoms with van der Waals surface area (Å²) in [6.07, 6.45) is -8.19. The number of carbonyl (C=O) groups excluding carboxylic acids is 1. The zero-order chi connectivity index (χ0) is 39.7. The molecule has 306 valence electrons. The number of methoxy groups -OCH3 is 1. The van der Waals surface area contributed by atoms with Crippen molar-refractivity contribution in [3.05, 3.63) is 0 Å². The van der Waals surface area contributed by atoms with Crippen LogP contribution in [0, 0.1) is 17.8 Å². The number of aliphatic hydroxyl groups excluding tert-OH is 3. The molecule has 3 aliphatic rings. The van der Waals surface area contributed by atoms with Crippen LogP contribution in [0.15, 0.2) is 0 Å². The van der Waals surface area contributed by atoms with E-state index in [1.165, 1.54) is 14.0 Å². The second kappa shape index (κ2) is 17.8. The Kier molecular flexibility index (Phi) is 15.6. The molecule has 3 rings (SSSR count). The quantitative estimate of drug-likeness (QED) is 0.238. The molecular formula is C38H72N2O12. The molecule has 0 aliphatic carbocycles. The van der Waals surface area contributed by atoms with Crippen LogP contribution in [0.5, 0.6) is 0 Å². The molecule has 14 nitrogen and oxygen atoms in total. The first-order valence-corrected chi connectivity index (χ1v) is 19.1. The molecule has 0 spiro atoms. The van der Waals surface area contributed by atoms with Gasteiger partial charge in [0.1, 0.15) is 30.0 Å². The average molecular weight is 749 g/mol. The lowest BCUT2D eigenvalue weighted by molar-refractivity contribution is -0.318. The maximum Gasteiger partial charge on any atom is 0.311 e. The Balaban J connectivity index is 2.17. The van der Waals surface area contributed by atoms with E-state index in [-0.39, 0.29) is 37.3 Å². The van der Waals surface area contributed by atoms with Crippen molar-refractivity contribution in [1.29, 1.82) is 0 Å². The molecule has 0 aromatic rings. The van der Waals surface area contributed by atoms with Crippen LogP contribution in [0.4, 0.5) is 0 Å². The van der Waals surface area contributed by atoms with Gasteiger partial charge >= 0.3 is 5.97 Å². The van der Waals surface area contributed by atoms with Crippen molar-refractivity contribution in [2.45, 2.75) is 185 Å². The molecule has 18 atom stereocenters. The van der Waals surface area contributed by atoms with E-state index in [4.69, 9.17) is 28.4 Å². The van der Waals surface area contributed by atoms with Crippen molar-refractivity contribution in [3.8, 4) is 0 Å². The van der Waals surface area contributed by atoms with E-state index >= 15 is 0 Å².